The van der Waals surface area contributed by atoms with Crippen LogP contribution in [0.2, 0.25) is 0 Å². The molecule has 31 heavy (non-hydrogen) atoms. The fourth-order valence-corrected chi connectivity index (χ4v) is 5.91. The lowest BCUT2D eigenvalue weighted by atomic mass is 10.1. The Kier molecular flexibility index (Phi) is 7.73. The van der Waals surface area contributed by atoms with Crippen LogP contribution >= 0.6 is 0 Å². The second-order valence-electron chi connectivity index (χ2n) is 8.63. The van der Waals surface area contributed by atoms with Crippen LogP contribution in [0.5, 0.6) is 0 Å². The molecular weight excluding hydrogens is 412 g/mol. The van der Waals surface area contributed by atoms with Gasteiger partial charge in [0.15, 0.2) is 9.84 Å². The molecule has 1 aliphatic rings. The van der Waals surface area contributed by atoms with Gasteiger partial charge in [0.1, 0.15) is 0 Å². The van der Waals surface area contributed by atoms with Gasteiger partial charge >= 0.3 is 6.03 Å². The third kappa shape index (κ3) is 6.08. The Balaban J connectivity index is 1.74. The summed E-state index contributed by atoms with van der Waals surface area (Å²) in [6.07, 6.45) is 2.46. The highest BCUT2D eigenvalue weighted by Crippen LogP contribution is 2.30. The maximum absolute atomic E-state index is 13.0. The van der Waals surface area contributed by atoms with Crippen molar-refractivity contribution in [3.63, 3.8) is 0 Å². The van der Waals surface area contributed by atoms with E-state index in [4.69, 9.17) is 0 Å². The summed E-state index contributed by atoms with van der Waals surface area (Å²) < 4.78 is 25.8. The van der Waals surface area contributed by atoms with Crippen molar-refractivity contribution in [2.45, 2.75) is 55.8 Å². The Morgan fingerprint density at radius 2 is 1.74 bits per heavy atom. The first-order valence-electron chi connectivity index (χ1n) is 10.9. The molecule has 6 nitrogen and oxygen atoms in total. The van der Waals surface area contributed by atoms with Gasteiger partial charge in [-0.1, -0.05) is 63.1 Å². The summed E-state index contributed by atoms with van der Waals surface area (Å²) in [5.74, 6) is 0.211. The van der Waals surface area contributed by atoms with Gasteiger partial charge in [-0.25, -0.2) is 13.2 Å². The topological polar surface area (TPSA) is 86.7 Å². The Morgan fingerprint density at radius 1 is 1.06 bits per heavy atom. The van der Waals surface area contributed by atoms with Crippen LogP contribution in [0.4, 0.5) is 10.5 Å². The lowest BCUT2D eigenvalue weighted by Crippen LogP contribution is -2.40. The van der Waals surface area contributed by atoms with E-state index in [0.29, 0.717) is 25.1 Å². The number of carbonyl (C=O) groups is 1. The molecule has 168 valence electrons. The van der Waals surface area contributed by atoms with Crippen molar-refractivity contribution < 1.29 is 18.3 Å². The molecule has 2 amide bonds. The molecule has 3 rings (SSSR count). The summed E-state index contributed by atoms with van der Waals surface area (Å²) in [4.78, 5) is 14.8. The van der Waals surface area contributed by atoms with E-state index in [1.165, 1.54) is 6.07 Å². The molecule has 1 saturated carbocycles. The molecule has 0 spiro atoms. The number of benzene rings is 2. The van der Waals surface area contributed by atoms with Crippen LogP contribution in [-0.4, -0.2) is 42.8 Å². The van der Waals surface area contributed by atoms with Gasteiger partial charge in [0.25, 0.3) is 0 Å². The van der Waals surface area contributed by atoms with Gasteiger partial charge in [0, 0.05) is 12.2 Å². The first-order chi connectivity index (χ1) is 14.8. The number of anilines is 1. The number of aliphatic hydroxyl groups is 1. The highest BCUT2D eigenvalue weighted by Gasteiger charge is 2.30. The minimum atomic E-state index is -3.40. The fourth-order valence-electron chi connectivity index (χ4n) is 4.01. The molecule has 7 heteroatoms. The number of sulfone groups is 1. The number of nitrogens with one attached hydrogen (secondary N) is 1. The molecule has 0 heterocycles. The van der Waals surface area contributed by atoms with Gasteiger partial charge in [0.2, 0.25) is 0 Å². The Bertz CT molecular complexity index is 970. The predicted molar refractivity (Wildman–Crippen MR) is 123 cm³/mol. The summed E-state index contributed by atoms with van der Waals surface area (Å²) in [6.45, 7) is 4.62. The lowest BCUT2D eigenvalue weighted by Gasteiger charge is -2.27. The van der Waals surface area contributed by atoms with E-state index in [1.54, 1.807) is 23.1 Å². The van der Waals surface area contributed by atoms with Crippen LogP contribution in [0, 0.1) is 5.92 Å². The van der Waals surface area contributed by atoms with Gasteiger partial charge in [-0.05, 0) is 42.5 Å². The van der Waals surface area contributed by atoms with Gasteiger partial charge in [-0.3, -0.25) is 0 Å². The predicted octanol–water partition coefficient (Wildman–Crippen LogP) is 4.63. The molecule has 0 aromatic heterocycles. The first kappa shape index (κ1) is 23.3. The van der Waals surface area contributed by atoms with Crippen LogP contribution in [0.1, 0.15) is 51.2 Å². The van der Waals surface area contributed by atoms with Crippen molar-refractivity contribution in [1.82, 2.24) is 4.90 Å². The van der Waals surface area contributed by atoms with Gasteiger partial charge < -0.3 is 15.3 Å². The Labute approximate surface area is 185 Å². The number of nitrogens with zero attached hydrogens (tertiary/aromatic N) is 1. The Morgan fingerprint density at radius 3 is 2.39 bits per heavy atom. The molecule has 0 unspecified atom stereocenters. The van der Waals surface area contributed by atoms with Crippen molar-refractivity contribution in [2.24, 2.45) is 5.92 Å². The molecule has 0 aliphatic heterocycles. The Hall–Kier alpha value is -2.38. The minimum Gasteiger partial charge on any atom is -0.387 e. The zero-order valence-electron chi connectivity index (χ0n) is 18.2. The van der Waals surface area contributed by atoms with Crippen molar-refractivity contribution >= 4 is 21.6 Å². The molecule has 0 bridgehead atoms. The number of rotatable bonds is 8. The zero-order valence-corrected chi connectivity index (χ0v) is 19.0. The number of hydrogen-bond donors (Lipinski definition) is 2. The third-order valence-electron chi connectivity index (χ3n) is 5.61. The van der Waals surface area contributed by atoms with E-state index < -0.39 is 15.9 Å². The highest BCUT2D eigenvalue weighted by molar-refractivity contribution is 7.92. The maximum Gasteiger partial charge on any atom is 0.321 e. The second-order valence-corrected chi connectivity index (χ2v) is 10.9. The normalized spacial score (nSPS) is 15.7. The van der Waals surface area contributed by atoms with Crippen LogP contribution < -0.4 is 5.32 Å². The second kappa shape index (κ2) is 10.3. The van der Waals surface area contributed by atoms with E-state index in [9.17, 15) is 18.3 Å². The number of amides is 2. The molecule has 1 atom stereocenters. The molecule has 1 fully saturated rings. The summed E-state index contributed by atoms with van der Waals surface area (Å²) >= 11 is 0. The average molecular weight is 445 g/mol. The van der Waals surface area contributed by atoms with Crippen molar-refractivity contribution in [3.8, 4) is 0 Å². The minimum absolute atomic E-state index is 0.147. The van der Waals surface area contributed by atoms with Crippen LogP contribution in [-0.2, 0) is 9.84 Å². The van der Waals surface area contributed by atoms with Gasteiger partial charge in [-0.15, -0.1) is 0 Å². The third-order valence-corrected chi connectivity index (χ3v) is 7.87. The largest absolute Gasteiger partial charge is 0.387 e. The summed E-state index contributed by atoms with van der Waals surface area (Å²) in [6, 6.07) is 15.3. The molecule has 2 N–H and O–H groups in total. The van der Waals surface area contributed by atoms with Crippen LogP contribution in [0.25, 0.3) is 0 Å². The number of hydrogen-bond acceptors (Lipinski definition) is 4. The molecule has 0 radical (unpaired) electrons. The molecule has 2 aromatic carbocycles. The highest BCUT2D eigenvalue weighted by atomic mass is 32.2. The zero-order chi connectivity index (χ0) is 22.4. The van der Waals surface area contributed by atoms with E-state index in [1.807, 2.05) is 44.2 Å². The van der Waals surface area contributed by atoms with E-state index in [-0.39, 0.29) is 28.6 Å². The van der Waals surface area contributed by atoms with Crippen molar-refractivity contribution in [1.29, 1.82) is 0 Å². The monoisotopic (exact) mass is 444 g/mol. The van der Waals surface area contributed by atoms with E-state index >= 15 is 0 Å². The SMILES string of the molecule is CC(C)CN(C[C@H](O)c1ccccc1)C(=O)Nc1cccc(S(=O)(=O)C2CCCC2)c1. The molecular formula is C24H32N2O4S. The fraction of sp³-hybridized carbons (Fsp3) is 0.458. The first-order valence-corrected chi connectivity index (χ1v) is 12.4. The summed E-state index contributed by atoms with van der Waals surface area (Å²) in [5, 5.41) is 13.1. The van der Waals surface area contributed by atoms with E-state index in [0.717, 1.165) is 18.4 Å². The maximum atomic E-state index is 13.0. The van der Waals surface area contributed by atoms with Gasteiger partial charge in [0.05, 0.1) is 22.8 Å². The summed E-state index contributed by atoms with van der Waals surface area (Å²) in [5.41, 5.74) is 1.18. The number of urea groups is 1. The quantitative estimate of drug-likeness (QED) is 0.622. The lowest BCUT2D eigenvalue weighted by molar-refractivity contribution is 0.121. The summed E-state index contributed by atoms with van der Waals surface area (Å²) in [7, 11) is -3.40. The molecule has 2 aromatic rings. The van der Waals surface area contributed by atoms with Crippen molar-refractivity contribution in [3.05, 3.63) is 60.2 Å². The smallest absolute Gasteiger partial charge is 0.321 e. The van der Waals surface area contributed by atoms with Crippen molar-refractivity contribution in [2.75, 3.05) is 18.4 Å². The van der Waals surface area contributed by atoms with Gasteiger partial charge in [-0.2, -0.15) is 0 Å². The van der Waals surface area contributed by atoms with Crippen LogP contribution in [0.3, 0.4) is 0 Å². The molecule has 1 aliphatic carbocycles. The standard InChI is InChI=1S/C24H32N2O4S/c1-18(2)16-26(17-23(27)19-9-4-3-5-10-19)24(28)25-20-11-8-14-22(15-20)31(29,30)21-12-6-7-13-21/h3-5,8-11,14-15,18,21,23,27H,6-7,12-13,16-17H2,1-2H3,(H,25,28)/t23-/m0/s1. The van der Waals surface area contributed by atoms with Crippen LogP contribution in [0.15, 0.2) is 59.5 Å². The van der Waals surface area contributed by atoms with E-state index in [2.05, 4.69) is 5.32 Å². The number of aliphatic hydroxyl groups excluding tert-OH is 1. The molecule has 0 saturated heterocycles. The average Bonchev–Trinajstić information content (AvgIpc) is 3.29. The number of carbonyl (C=O) groups excluding carboxylic acids is 1.